The van der Waals surface area contributed by atoms with Gasteiger partial charge in [-0.2, -0.15) is 0 Å². The average molecular weight is 284 g/mol. The van der Waals surface area contributed by atoms with Crippen molar-refractivity contribution in [1.29, 1.82) is 0 Å². The smallest absolute Gasteiger partial charge is 0.238 e. The lowest BCUT2D eigenvalue weighted by Gasteiger charge is -2.29. The number of pyridine rings is 1. The highest BCUT2D eigenvalue weighted by Crippen LogP contribution is 2.20. The highest BCUT2D eigenvalue weighted by molar-refractivity contribution is 6.00. The van der Waals surface area contributed by atoms with Crippen LogP contribution >= 0.6 is 0 Å². The predicted octanol–water partition coefficient (Wildman–Crippen LogP) is 1.60. The van der Waals surface area contributed by atoms with Gasteiger partial charge in [0.05, 0.1) is 17.7 Å². The number of carbonyl (C=O) groups excluding carboxylic acids is 1. The van der Waals surface area contributed by atoms with E-state index in [-0.39, 0.29) is 11.9 Å². The van der Waals surface area contributed by atoms with E-state index in [4.69, 9.17) is 5.73 Å². The van der Waals surface area contributed by atoms with E-state index in [0.29, 0.717) is 6.54 Å². The number of hydrogen-bond acceptors (Lipinski definition) is 4. The zero-order chi connectivity index (χ0) is 14.7. The maximum Gasteiger partial charge on any atom is 0.238 e. The van der Waals surface area contributed by atoms with E-state index in [0.717, 1.165) is 42.5 Å². The summed E-state index contributed by atoms with van der Waals surface area (Å²) in [4.78, 5) is 18.7. The molecule has 1 fully saturated rings. The van der Waals surface area contributed by atoms with Gasteiger partial charge in [0.25, 0.3) is 0 Å². The Bertz CT molecular complexity index is 630. The first kappa shape index (κ1) is 14.0. The summed E-state index contributed by atoms with van der Waals surface area (Å²) in [6, 6.07) is 9.98. The van der Waals surface area contributed by atoms with Gasteiger partial charge in [0.2, 0.25) is 5.91 Å². The van der Waals surface area contributed by atoms with Gasteiger partial charge in [-0.3, -0.25) is 14.7 Å². The normalized spacial score (nSPS) is 17.0. The van der Waals surface area contributed by atoms with Crippen molar-refractivity contribution in [2.75, 3.05) is 25.0 Å². The van der Waals surface area contributed by atoms with Gasteiger partial charge in [0, 0.05) is 30.7 Å². The Balaban J connectivity index is 1.66. The second-order valence-corrected chi connectivity index (χ2v) is 5.54. The van der Waals surface area contributed by atoms with Crippen molar-refractivity contribution in [2.24, 2.45) is 5.73 Å². The lowest BCUT2D eigenvalue weighted by Crippen LogP contribution is -2.43. The molecule has 1 aromatic heterocycles. The number of anilines is 1. The second kappa shape index (κ2) is 6.20. The summed E-state index contributed by atoms with van der Waals surface area (Å²) in [7, 11) is 0. The van der Waals surface area contributed by atoms with E-state index in [1.165, 1.54) is 0 Å². The molecule has 1 aliphatic rings. The number of likely N-dealkylation sites (tertiary alicyclic amines) is 1. The van der Waals surface area contributed by atoms with Gasteiger partial charge < -0.3 is 11.1 Å². The number of amides is 1. The molecule has 0 unspecified atom stereocenters. The molecule has 1 saturated heterocycles. The average Bonchev–Trinajstić information content (AvgIpc) is 2.50. The van der Waals surface area contributed by atoms with Gasteiger partial charge in [0.15, 0.2) is 0 Å². The van der Waals surface area contributed by atoms with Crippen LogP contribution in [0.15, 0.2) is 36.5 Å². The van der Waals surface area contributed by atoms with Crippen LogP contribution in [0.25, 0.3) is 10.9 Å². The standard InChI is InChI=1S/C16H20N4O/c17-13-6-9-20(10-7-13)11-15(21)19-14-5-1-3-12-4-2-8-18-16(12)14/h1-5,8,13H,6-7,9-11,17H2,(H,19,21). The number of rotatable bonds is 3. The highest BCUT2D eigenvalue weighted by atomic mass is 16.2. The molecule has 1 aliphatic heterocycles. The molecule has 110 valence electrons. The lowest BCUT2D eigenvalue weighted by molar-refractivity contribution is -0.117. The molecule has 3 N–H and O–H groups in total. The van der Waals surface area contributed by atoms with Crippen molar-refractivity contribution in [3.05, 3.63) is 36.5 Å². The van der Waals surface area contributed by atoms with Crippen molar-refractivity contribution < 1.29 is 4.79 Å². The van der Waals surface area contributed by atoms with Crippen molar-refractivity contribution in [1.82, 2.24) is 9.88 Å². The molecule has 2 aromatic rings. The van der Waals surface area contributed by atoms with Crippen molar-refractivity contribution in [3.8, 4) is 0 Å². The summed E-state index contributed by atoms with van der Waals surface area (Å²) in [6.45, 7) is 2.20. The van der Waals surface area contributed by atoms with Crippen LogP contribution in [-0.2, 0) is 4.79 Å². The Kier molecular flexibility index (Phi) is 4.13. The van der Waals surface area contributed by atoms with Crippen LogP contribution in [0.4, 0.5) is 5.69 Å². The zero-order valence-corrected chi connectivity index (χ0v) is 12.0. The van der Waals surface area contributed by atoms with Crippen LogP contribution in [0.1, 0.15) is 12.8 Å². The summed E-state index contributed by atoms with van der Waals surface area (Å²) in [5.74, 6) is 0.00336. The molecule has 1 aromatic carbocycles. The van der Waals surface area contributed by atoms with E-state index in [1.54, 1.807) is 6.20 Å². The third-order valence-electron chi connectivity index (χ3n) is 3.91. The molecule has 3 rings (SSSR count). The predicted molar refractivity (Wildman–Crippen MR) is 84.0 cm³/mol. The molecule has 21 heavy (non-hydrogen) atoms. The Hall–Kier alpha value is -1.98. The molecule has 0 bridgehead atoms. The molecule has 0 aliphatic carbocycles. The van der Waals surface area contributed by atoms with Crippen LogP contribution in [0, 0.1) is 0 Å². The number of nitrogens with two attached hydrogens (primary N) is 1. The second-order valence-electron chi connectivity index (χ2n) is 5.54. The number of piperidine rings is 1. The Labute approximate surface area is 124 Å². The van der Waals surface area contributed by atoms with Crippen LogP contribution in [0.2, 0.25) is 0 Å². The van der Waals surface area contributed by atoms with E-state index in [1.807, 2.05) is 30.3 Å². The van der Waals surface area contributed by atoms with Crippen LogP contribution < -0.4 is 11.1 Å². The zero-order valence-electron chi connectivity index (χ0n) is 12.0. The van der Waals surface area contributed by atoms with E-state index in [9.17, 15) is 4.79 Å². The summed E-state index contributed by atoms with van der Waals surface area (Å²) >= 11 is 0. The molecule has 5 heteroatoms. The fourth-order valence-corrected chi connectivity index (χ4v) is 2.71. The summed E-state index contributed by atoms with van der Waals surface area (Å²) in [5, 5.41) is 4.00. The molecule has 0 spiro atoms. The van der Waals surface area contributed by atoms with Crippen LogP contribution in [-0.4, -0.2) is 41.5 Å². The van der Waals surface area contributed by atoms with Crippen molar-refractivity contribution >= 4 is 22.5 Å². The third kappa shape index (κ3) is 3.37. The van der Waals surface area contributed by atoms with Gasteiger partial charge in [0.1, 0.15) is 0 Å². The number of nitrogens with zero attached hydrogens (tertiary/aromatic N) is 2. The summed E-state index contributed by atoms with van der Waals surface area (Å²) in [6.07, 6.45) is 3.66. The van der Waals surface area contributed by atoms with Gasteiger partial charge in [-0.15, -0.1) is 0 Å². The number of nitrogens with one attached hydrogen (secondary N) is 1. The van der Waals surface area contributed by atoms with E-state index >= 15 is 0 Å². The van der Waals surface area contributed by atoms with Crippen LogP contribution in [0.3, 0.4) is 0 Å². The maximum atomic E-state index is 12.2. The highest BCUT2D eigenvalue weighted by Gasteiger charge is 2.18. The summed E-state index contributed by atoms with van der Waals surface area (Å²) in [5.41, 5.74) is 7.48. The Morgan fingerprint density at radius 3 is 2.86 bits per heavy atom. The fourth-order valence-electron chi connectivity index (χ4n) is 2.71. The molecule has 1 amide bonds. The van der Waals surface area contributed by atoms with Gasteiger partial charge in [-0.05, 0) is 25.0 Å². The van der Waals surface area contributed by atoms with Gasteiger partial charge in [-0.25, -0.2) is 0 Å². The Morgan fingerprint density at radius 1 is 1.29 bits per heavy atom. The maximum absolute atomic E-state index is 12.2. The van der Waals surface area contributed by atoms with Crippen LogP contribution in [0.5, 0.6) is 0 Å². The topological polar surface area (TPSA) is 71.2 Å². The number of aromatic nitrogens is 1. The first-order chi connectivity index (χ1) is 10.2. The number of para-hydroxylation sites is 1. The largest absolute Gasteiger partial charge is 0.328 e. The van der Waals surface area contributed by atoms with E-state index in [2.05, 4.69) is 15.2 Å². The number of hydrogen-bond donors (Lipinski definition) is 2. The van der Waals surface area contributed by atoms with Gasteiger partial charge in [-0.1, -0.05) is 18.2 Å². The SMILES string of the molecule is NC1CCN(CC(=O)Nc2cccc3cccnc23)CC1. The molecule has 5 nitrogen and oxygen atoms in total. The summed E-state index contributed by atoms with van der Waals surface area (Å²) < 4.78 is 0. The quantitative estimate of drug-likeness (QED) is 0.898. The first-order valence-corrected chi connectivity index (χ1v) is 7.34. The molecular formula is C16H20N4O. The van der Waals surface area contributed by atoms with Crippen molar-refractivity contribution in [2.45, 2.75) is 18.9 Å². The first-order valence-electron chi connectivity index (χ1n) is 7.34. The fraction of sp³-hybridized carbons (Fsp3) is 0.375. The molecule has 0 radical (unpaired) electrons. The monoisotopic (exact) mass is 284 g/mol. The number of benzene rings is 1. The van der Waals surface area contributed by atoms with Crippen molar-refractivity contribution in [3.63, 3.8) is 0 Å². The third-order valence-corrected chi connectivity index (χ3v) is 3.91. The molecule has 0 atom stereocenters. The molecule has 0 saturated carbocycles. The molecular weight excluding hydrogens is 264 g/mol. The minimum Gasteiger partial charge on any atom is -0.328 e. The Morgan fingerprint density at radius 2 is 2.05 bits per heavy atom. The number of carbonyl (C=O) groups is 1. The van der Waals surface area contributed by atoms with Gasteiger partial charge >= 0.3 is 0 Å². The lowest BCUT2D eigenvalue weighted by atomic mass is 10.1. The van der Waals surface area contributed by atoms with E-state index < -0.39 is 0 Å². The minimum absolute atomic E-state index is 0.00336. The molecule has 2 heterocycles. The number of fused-ring (bicyclic) bond motifs is 1. The minimum atomic E-state index is 0.00336.